The average molecular weight is 176 g/mol. The van der Waals surface area contributed by atoms with Crippen molar-refractivity contribution in [3.8, 4) is 6.07 Å². The van der Waals surface area contributed by atoms with Gasteiger partial charge in [0, 0.05) is 0 Å². The van der Waals surface area contributed by atoms with Crippen LogP contribution in [0.15, 0.2) is 22.3 Å². The van der Waals surface area contributed by atoms with Gasteiger partial charge in [-0.3, -0.25) is 0 Å². The quantitative estimate of drug-likeness (QED) is 0.702. The van der Waals surface area contributed by atoms with E-state index in [9.17, 15) is 0 Å². The van der Waals surface area contributed by atoms with Gasteiger partial charge in [-0.15, -0.1) is 0 Å². The highest BCUT2D eigenvalue weighted by molar-refractivity contribution is 5.67. The normalized spacial score (nSPS) is 12.1. The molecule has 0 spiro atoms. The standard InChI is InChI=1S/C10H12N2O/c1-3-8(6-11)9(12)10-7(2)4-5-13-10/h4-5H,3,12H2,1-2H3/b9-8-. The zero-order chi connectivity index (χ0) is 9.84. The van der Waals surface area contributed by atoms with Crippen molar-refractivity contribution in [2.24, 2.45) is 5.73 Å². The Morgan fingerprint density at radius 3 is 2.77 bits per heavy atom. The van der Waals surface area contributed by atoms with Crippen molar-refractivity contribution >= 4 is 5.70 Å². The molecule has 13 heavy (non-hydrogen) atoms. The summed E-state index contributed by atoms with van der Waals surface area (Å²) < 4.78 is 5.18. The van der Waals surface area contributed by atoms with E-state index in [0.29, 0.717) is 23.5 Å². The number of nitrogens with two attached hydrogens (primary N) is 1. The first kappa shape index (κ1) is 9.40. The monoisotopic (exact) mass is 176 g/mol. The summed E-state index contributed by atoms with van der Waals surface area (Å²) in [4.78, 5) is 0. The highest BCUT2D eigenvalue weighted by atomic mass is 16.3. The molecule has 1 aromatic heterocycles. The van der Waals surface area contributed by atoms with Crippen molar-refractivity contribution in [3.63, 3.8) is 0 Å². The van der Waals surface area contributed by atoms with Crippen LogP contribution < -0.4 is 5.73 Å². The van der Waals surface area contributed by atoms with Gasteiger partial charge in [0.1, 0.15) is 0 Å². The molecule has 1 heterocycles. The van der Waals surface area contributed by atoms with Crippen molar-refractivity contribution in [2.75, 3.05) is 0 Å². The Labute approximate surface area is 77.5 Å². The molecule has 0 amide bonds. The minimum Gasteiger partial charge on any atom is -0.463 e. The summed E-state index contributed by atoms with van der Waals surface area (Å²) in [5, 5.41) is 8.76. The van der Waals surface area contributed by atoms with Crippen molar-refractivity contribution in [2.45, 2.75) is 20.3 Å². The second-order valence-corrected chi connectivity index (χ2v) is 2.79. The zero-order valence-electron chi connectivity index (χ0n) is 7.79. The Kier molecular flexibility index (Phi) is 2.76. The first-order valence-electron chi connectivity index (χ1n) is 4.13. The van der Waals surface area contributed by atoms with E-state index in [1.165, 1.54) is 0 Å². The molecule has 0 saturated heterocycles. The highest BCUT2D eigenvalue weighted by Gasteiger charge is 2.09. The van der Waals surface area contributed by atoms with E-state index < -0.39 is 0 Å². The molecule has 0 aliphatic carbocycles. The maximum Gasteiger partial charge on any atom is 0.153 e. The third-order valence-corrected chi connectivity index (χ3v) is 1.92. The Bertz CT molecular complexity index is 369. The molecule has 0 aromatic carbocycles. The molecule has 0 atom stereocenters. The van der Waals surface area contributed by atoms with Crippen LogP contribution in [0, 0.1) is 18.3 Å². The molecule has 0 saturated carbocycles. The van der Waals surface area contributed by atoms with Crippen LogP contribution in [0.3, 0.4) is 0 Å². The Morgan fingerprint density at radius 1 is 1.69 bits per heavy atom. The molecule has 68 valence electrons. The lowest BCUT2D eigenvalue weighted by molar-refractivity contribution is 0.549. The number of hydrogen-bond acceptors (Lipinski definition) is 3. The molecule has 1 rings (SSSR count). The molecular weight excluding hydrogens is 164 g/mol. The highest BCUT2D eigenvalue weighted by Crippen LogP contribution is 2.19. The fraction of sp³-hybridized carbons (Fsp3) is 0.300. The summed E-state index contributed by atoms with van der Waals surface area (Å²) in [5.41, 5.74) is 7.75. The van der Waals surface area contributed by atoms with Crippen molar-refractivity contribution in [1.82, 2.24) is 0 Å². The smallest absolute Gasteiger partial charge is 0.153 e. The number of rotatable bonds is 2. The van der Waals surface area contributed by atoms with Gasteiger partial charge < -0.3 is 10.2 Å². The Morgan fingerprint density at radius 2 is 2.38 bits per heavy atom. The summed E-state index contributed by atoms with van der Waals surface area (Å²) in [6, 6.07) is 3.89. The van der Waals surface area contributed by atoms with E-state index in [1.807, 2.05) is 19.9 Å². The number of nitrogens with zero attached hydrogens (tertiary/aromatic N) is 1. The van der Waals surface area contributed by atoms with Crippen molar-refractivity contribution in [1.29, 1.82) is 5.26 Å². The first-order chi connectivity index (χ1) is 6.20. The van der Waals surface area contributed by atoms with Crippen LogP contribution in [-0.4, -0.2) is 0 Å². The SMILES string of the molecule is CC/C(C#N)=C(/N)c1occc1C. The molecular formula is C10H12N2O. The largest absolute Gasteiger partial charge is 0.463 e. The molecule has 3 heteroatoms. The molecule has 0 aliphatic heterocycles. The average Bonchev–Trinajstić information content (AvgIpc) is 2.53. The minimum absolute atomic E-state index is 0.451. The van der Waals surface area contributed by atoms with Gasteiger partial charge in [-0.1, -0.05) is 6.92 Å². The van der Waals surface area contributed by atoms with Gasteiger partial charge in [-0.05, 0) is 25.0 Å². The van der Waals surface area contributed by atoms with Crippen molar-refractivity contribution < 1.29 is 4.42 Å². The first-order valence-corrected chi connectivity index (χ1v) is 4.13. The third-order valence-electron chi connectivity index (χ3n) is 1.92. The second-order valence-electron chi connectivity index (χ2n) is 2.79. The number of nitriles is 1. The van der Waals surface area contributed by atoms with E-state index in [0.717, 1.165) is 5.56 Å². The summed E-state index contributed by atoms with van der Waals surface area (Å²) in [6.45, 7) is 3.79. The van der Waals surface area contributed by atoms with Crippen LogP contribution in [0.25, 0.3) is 5.70 Å². The molecule has 0 bridgehead atoms. The zero-order valence-corrected chi connectivity index (χ0v) is 7.79. The lowest BCUT2D eigenvalue weighted by Crippen LogP contribution is -2.00. The van der Waals surface area contributed by atoms with E-state index >= 15 is 0 Å². The predicted octanol–water partition coefficient (Wildman–Crippen LogP) is 2.19. The van der Waals surface area contributed by atoms with Crippen LogP contribution in [0.4, 0.5) is 0 Å². The summed E-state index contributed by atoms with van der Waals surface area (Å²) in [5.74, 6) is 0.610. The predicted molar refractivity (Wildman–Crippen MR) is 50.5 cm³/mol. The van der Waals surface area contributed by atoms with Crippen LogP contribution in [0.5, 0.6) is 0 Å². The van der Waals surface area contributed by atoms with Gasteiger partial charge in [-0.25, -0.2) is 0 Å². The second kappa shape index (κ2) is 3.81. The summed E-state index contributed by atoms with van der Waals surface area (Å²) in [7, 11) is 0. The van der Waals surface area contributed by atoms with Crippen LogP contribution in [0.1, 0.15) is 24.7 Å². The maximum absolute atomic E-state index is 8.76. The molecule has 0 aliphatic rings. The topological polar surface area (TPSA) is 63.0 Å². The maximum atomic E-state index is 8.76. The van der Waals surface area contributed by atoms with Crippen LogP contribution in [-0.2, 0) is 0 Å². The number of furan rings is 1. The number of aryl methyl sites for hydroxylation is 1. The molecule has 0 fully saturated rings. The fourth-order valence-corrected chi connectivity index (χ4v) is 1.12. The molecule has 0 radical (unpaired) electrons. The summed E-state index contributed by atoms with van der Waals surface area (Å²) >= 11 is 0. The van der Waals surface area contributed by atoms with E-state index in [1.54, 1.807) is 6.26 Å². The molecule has 3 nitrogen and oxygen atoms in total. The van der Waals surface area contributed by atoms with Gasteiger partial charge in [0.2, 0.25) is 0 Å². The van der Waals surface area contributed by atoms with Gasteiger partial charge in [-0.2, -0.15) is 5.26 Å². The van der Waals surface area contributed by atoms with Gasteiger partial charge >= 0.3 is 0 Å². The van der Waals surface area contributed by atoms with Crippen LogP contribution in [0.2, 0.25) is 0 Å². The van der Waals surface area contributed by atoms with E-state index in [-0.39, 0.29) is 0 Å². The lowest BCUT2D eigenvalue weighted by Gasteiger charge is -2.00. The Hall–Kier alpha value is -1.69. The number of hydrogen-bond donors (Lipinski definition) is 1. The van der Waals surface area contributed by atoms with E-state index in [2.05, 4.69) is 6.07 Å². The molecule has 2 N–H and O–H groups in total. The third kappa shape index (κ3) is 1.73. The van der Waals surface area contributed by atoms with Crippen LogP contribution >= 0.6 is 0 Å². The number of allylic oxidation sites excluding steroid dienone is 1. The fourth-order valence-electron chi connectivity index (χ4n) is 1.12. The Balaban J connectivity index is 3.17. The molecule has 0 unspecified atom stereocenters. The van der Waals surface area contributed by atoms with Gasteiger partial charge in [0.15, 0.2) is 5.76 Å². The molecule has 1 aromatic rings. The summed E-state index contributed by atoms with van der Waals surface area (Å²) in [6.07, 6.45) is 2.20. The van der Waals surface area contributed by atoms with E-state index in [4.69, 9.17) is 15.4 Å². The minimum atomic E-state index is 0.451. The van der Waals surface area contributed by atoms with Crippen molar-refractivity contribution in [3.05, 3.63) is 29.2 Å². The van der Waals surface area contributed by atoms with Gasteiger partial charge in [0.05, 0.1) is 23.6 Å². The van der Waals surface area contributed by atoms with Gasteiger partial charge in [0.25, 0.3) is 0 Å². The lowest BCUT2D eigenvalue weighted by atomic mass is 10.1.